The van der Waals surface area contributed by atoms with E-state index in [0.717, 1.165) is 29.9 Å². The number of aryl methyl sites for hydroxylation is 1. The number of amides is 3. The number of hydrogen-bond acceptors (Lipinski definition) is 8. The molecule has 11 heteroatoms. The van der Waals surface area contributed by atoms with Crippen molar-refractivity contribution in [2.45, 2.75) is 39.7 Å². The van der Waals surface area contributed by atoms with Gasteiger partial charge in [0.25, 0.3) is 11.8 Å². The van der Waals surface area contributed by atoms with Gasteiger partial charge >= 0.3 is 0 Å². The van der Waals surface area contributed by atoms with Crippen LogP contribution >= 0.6 is 11.5 Å². The van der Waals surface area contributed by atoms with Gasteiger partial charge in [-0.1, -0.05) is 39.0 Å². The Morgan fingerprint density at radius 3 is 2.26 bits per heavy atom. The molecule has 0 aliphatic heterocycles. The summed E-state index contributed by atoms with van der Waals surface area (Å²) in [5.74, 6) is -0.590. The third-order valence-corrected chi connectivity index (χ3v) is 7.10. The quantitative estimate of drug-likeness (QED) is 0.307. The Morgan fingerprint density at radius 1 is 1.05 bits per heavy atom. The number of aromatic nitrogens is 1. The Morgan fingerprint density at radius 2 is 1.72 bits per heavy atom. The Labute approximate surface area is 232 Å². The lowest BCUT2D eigenvalue weighted by molar-refractivity contribution is -0.122. The summed E-state index contributed by atoms with van der Waals surface area (Å²) in [5.41, 5.74) is 13.2. The number of methoxy groups -OCH3 is 2. The van der Waals surface area contributed by atoms with Crippen LogP contribution in [0.1, 0.15) is 64.5 Å². The second-order valence-electron chi connectivity index (χ2n) is 9.32. The molecule has 1 atom stereocenters. The van der Waals surface area contributed by atoms with Crippen molar-refractivity contribution in [2.24, 2.45) is 11.7 Å². The summed E-state index contributed by atoms with van der Waals surface area (Å²) in [6.45, 7) is 6.57. The van der Waals surface area contributed by atoms with Crippen molar-refractivity contribution < 1.29 is 23.9 Å². The lowest BCUT2D eigenvalue weighted by Crippen LogP contribution is -2.44. The van der Waals surface area contributed by atoms with Crippen LogP contribution in [0.4, 0.5) is 11.4 Å². The number of anilines is 2. The van der Waals surface area contributed by atoms with Crippen molar-refractivity contribution in [3.63, 3.8) is 0 Å². The first kappa shape index (κ1) is 29.4. The van der Waals surface area contributed by atoms with E-state index in [1.807, 2.05) is 19.1 Å². The minimum absolute atomic E-state index is 0.00354. The molecule has 5 N–H and O–H groups in total. The van der Waals surface area contributed by atoms with Crippen LogP contribution in [0.5, 0.6) is 11.5 Å². The number of rotatable bonds is 12. The van der Waals surface area contributed by atoms with Gasteiger partial charge in [-0.15, -0.1) is 0 Å². The van der Waals surface area contributed by atoms with E-state index in [-0.39, 0.29) is 16.3 Å². The van der Waals surface area contributed by atoms with E-state index in [0.29, 0.717) is 35.2 Å². The summed E-state index contributed by atoms with van der Waals surface area (Å²) in [4.78, 5) is 41.2. The van der Waals surface area contributed by atoms with Crippen LogP contribution in [0.15, 0.2) is 42.5 Å². The molecule has 39 heavy (non-hydrogen) atoms. The zero-order chi connectivity index (χ0) is 28.7. The van der Waals surface area contributed by atoms with Crippen LogP contribution in [-0.2, 0) is 11.2 Å². The predicted octanol–water partition coefficient (Wildman–Crippen LogP) is 3.95. The highest BCUT2D eigenvalue weighted by molar-refractivity contribution is 7.09. The molecule has 2 aromatic carbocycles. The number of nitrogens with two attached hydrogens (primary N) is 2. The second kappa shape index (κ2) is 13.1. The van der Waals surface area contributed by atoms with Crippen LogP contribution in [0.2, 0.25) is 0 Å². The minimum Gasteiger partial charge on any atom is -0.493 e. The SMILES string of the molecule is CCc1ccc(N(C(=O)c2snc(C(N)=O)c2N)[C@H](C(=O)NCCC(C)C)c2ccc(OC)c(OC)c2)cc1. The Bertz CT molecular complexity index is 1320. The van der Waals surface area contributed by atoms with Crippen molar-refractivity contribution in [3.8, 4) is 11.5 Å². The van der Waals surface area contributed by atoms with Crippen molar-refractivity contribution in [2.75, 3.05) is 31.4 Å². The van der Waals surface area contributed by atoms with Crippen LogP contribution in [0.25, 0.3) is 0 Å². The Balaban J connectivity index is 2.22. The first-order valence-corrected chi connectivity index (χ1v) is 13.4. The fourth-order valence-electron chi connectivity index (χ4n) is 4.04. The average molecular weight is 554 g/mol. The Hall–Kier alpha value is -4.12. The van der Waals surface area contributed by atoms with E-state index < -0.39 is 23.8 Å². The third kappa shape index (κ3) is 6.66. The van der Waals surface area contributed by atoms with Crippen molar-refractivity contribution in [1.82, 2.24) is 9.69 Å². The molecule has 1 heterocycles. The second-order valence-corrected chi connectivity index (χ2v) is 10.1. The predicted molar refractivity (Wildman–Crippen MR) is 152 cm³/mol. The van der Waals surface area contributed by atoms with E-state index in [4.69, 9.17) is 20.9 Å². The van der Waals surface area contributed by atoms with Gasteiger partial charge in [-0.3, -0.25) is 19.3 Å². The maximum absolute atomic E-state index is 14.2. The number of hydrogen-bond donors (Lipinski definition) is 3. The highest BCUT2D eigenvalue weighted by Gasteiger charge is 2.36. The smallest absolute Gasteiger partial charge is 0.273 e. The molecule has 0 aliphatic rings. The first-order chi connectivity index (χ1) is 18.6. The maximum Gasteiger partial charge on any atom is 0.273 e. The van der Waals surface area contributed by atoms with Gasteiger partial charge < -0.3 is 26.3 Å². The molecule has 208 valence electrons. The fourth-order valence-corrected chi connectivity index (χ4v) is 4.78. The van der Waals surface area contributed by atoms with Gasteiger partial charge in [-0.05, 0) is 65.7 Å². The standard InChI is InChI=1S/C28H35N5O5S/c1-6-17-7-10-19(11-8-17)33(28(36)25-22(29)23(26(30)34)32-39-25)24(27(35)31-14-13-16(2)3)18-9-12-20(37-4)21(15-18)38-5/h7-12,15-16,24H,6,13-14,29H2,1-5H3,(H2,30,34)(H,31,35)/t24-/m0/s1. The summed E-state index contributed by atoms with van der Waals surface area (Å²) in [7, 11) is 3.01. The van der Waals surface area contributed by atoms with Gasteiger partial charge in [0.05, 0.1) is 19.9 Å². The highest BCUT2D eigenvalue weighted by atomic mass is 32.1. The molecule has 0 radical (unpaired) electrons. The molecule has 0 spiro atoms. The number of ether oxygens (including phenoxy) is 2. The average Bonchev–Trinajstić information content (AvgIpc) is 3.32. The van der Waals surface area contributed by atoms with E-state index in [1.54, 1.807) is 30.3 Å². The molecule has 0 aliphatic carbocycles. The fraction of sp³-hybridized carbons (Fsp3) is 0.357. The number of carbonyl (C=O) groups is 3. The number of nitrogen functional groups attached to an aromatic ring is 1. The van der Waals surface area contributed by atoms with Crippen LogP contribution < -0.4 is 31.2 Å². The van der Waals surface area contributed by atoms with Crippen molar-refractivity contribution >= 4 is 40.6 Å². The number of primary amides is 1. The molecular weight excluding hydrogens is 518 g/mol. The summed E-state index contributed by atoms with van der Waals surface area (Å²) in [6, 6.07) is 11.3. The normalized spacial score (nSPS) is 11.6. The summed E-state index contributed by atoms with van der Waals surface area (Å²) in [6.07, 6.45) is 1.56. The number of carbonyl (C=O) groups excluding carboxylic acids is 3. The van der Waals surface area contributed by atoms with Crippen LogP contribution in [0, 0.1) is 5.92 Å². The van der Waals surface area contributed by atoms with Crippen LogP contribution in [-0.4, -0.2) is 42.9 Å². The maximum atomic E-state index is 14.2. The van der Waals surface area contributed by atoms with Gasteiger partial charge in [0.2, 0.25) is 5.91 Å². The summed E-state index contributed by atoms with van der Waals surface area (Å²) in [5, 5.41) is 2.97. The van der Waals surface area contributed by atoms with Gasteiger partial charge in [-0.25, -0.2) is 0 Å². The molecule has 0 saturated heterocycles. The molecule has 0 fully saturated rings. The zero-order valence-electron chi connectivity index (χ0n) is 22.8. The molecule has 0 unspecified atom stereocenters. The Kier molecular flexibility index (Phi) is 9.89. The van der Waals surface area contributed by atoms with E-state index >= 15 is 0 Å². The third-order valence-electron chi connectivity index (χ3n) is 6.25. The molecule has 3 rings (SSSR count). The van der Waals surface area contributed by atoms with Gasteiger partial charge in [0.15, 0.2) is 17.2 Å². The van der Waals surface area contributed by atoms with Gasteiger partial charge in [0, 0.05) is 12.2 Å². The van der Waals surface area contributed by atoms with E-state index in [9.17, 15) is 14.4 Å². The summed E-state index contributed by atoms with van der Waals surface area (Å²) < 4.78 is 14.9. The van der Waals surface area contributed by atoms with Crippen molar-refractivity contribution in [1.29, 1.82) is 0 Å². The monoisotopic (exact) mass is 553 g/mol. The zero-order valence-corrected chi connectivity index (χ0v) is 23.6. The van der Waals surface area contributed by atoms with Crippen LogP contribution in [0.3, 0.4) is 0 Å². The van der Waals surface area contributed by atoms with Gasteiger partial charge in [0.1, 0.15) is 10.9 Å². The number of benzene rings is 2. The van der Waals surface area contributed by atoms with E-state index in [2.05, 4.69) is 23.5 Å². The van der Waals surface area contributed by atoms with Crippen molar-refractivity contribution in [3.05, 3.63) is 64.2 Å². The molecule has 0 saturated carbocycles. The molecule has 1 aromatic heterocycles. The van der Waals surface area contributed by atoms with Gasteiger partial charge in [-0.2, -0.15) is 4.37 Å². The van der Waals surface area contributed by atoms with E-state index in [1.165, 1.54) is 19.1 Å². The number of nitrogens with zero attached hydrogens (tertiary/aromatic N) is 2. The molecule has 10 nitrogen and oxygen atoms in total. The lowest BCUT2D eigenvalue weighted by Gasteiger charge is -2.32. The summed E-state index contributed by atoms with van der Waals surface area (Å²) >= 11 is 0.760. The molecule has 3 amide bonds. The highest BCUT2D eigenvalue weighted by Crippen LogP contribution is 2.36. The topological polar surface area (TPSA) is 150 Å². The molecule has 0 bridgehead atoms. The molecular formula is C28H35N5O5S. The lowest BCUT2D eigenvalue weighted by atomic mass is 10.0. The largest absolute Gasteiger partial charge is 0.493 e. The molecule has 3 aromatic rings. The minimum atomic E-state index is -1.12. The number of nitrogens with one attached hydrogen (secondary N) is 1. The first-order valence-electron chi connectivity index (χ1n) is 12.6.